The van der Waals surface area contributed by atoms with E-state index < -0.39 is 11.6 Å². The maximum atomic E-state index is 13.7. The lowest BCUT2D eigenvalue weighted by Crippen LogP contribution is -2.24. The largest absolute Gasteiger partial charge is 0.399 e. The lowest BCUT2D eigenvalue weighted by Gasteiger charge is -2.22. The molecule has 2 N–H and O–H groups in total. The summed E-state index contributed by atoms with van der Waals surface area (Å²) in [4.78, 5) is 5.55. The van der Waals surface area contributed by atoms with Gasteiger partial charge in [-0.2, -0.15) is 0 Å². The molecule has 0 aliphatic heterocycles. The van der Waals surface area contributed by atoms with E-state index in [4.69, 9.17) is 5.73 Å². The molecule has 0 spiro atoms. The first-order chi connectivity index (χ1) is 9.10. The van der Waals surface area contributed by atoms with E-state index >= 15 is 0 Å². The normalized spacial score (nSPS) is 10.5. The quantitative estimate of drug-likeness (QED) is 0.862. The highest BCUT2D eigenvalue weighted by Gasteiger charge is 2.13. The Balaban J connectivity index is 2.22. The summed E-state index contributed by atoms with van der Waals surface area (Å²) in [7, 11) is 0. The summed E-state index contributed by atoms with van der Waals surface area (Å²) in [6.07, 6.45) is 1.02. The molecule has 0 saturated heterocycles. The van der Waals surface area contributed by atoms with E-state index in [2.05, 4.69) is 4.98 Å². The maximum Gasteiger partial charge on any atom is 0.168 e. The first-order valence-electron chi connectivity index (χ1n) is 6.00. The van der Waals surface area contributed by atoms with Crippen LogP contribution in [0.1, 0.15) is 12.5 Å². The molecule has 1 aromatic carbocycles. The van der Waals surface area contributed by atoms with Crippen molar-refractivity contribution in [1.29, 1.82) is 0 Å². The molecule has 1 heterocycles. The van der Waals surface area contributed by atoms with Gasteiger partial charge >= 0.3 is 0 Å². The van der Waals surface area contributed by atoms with Crippen LogP contribution in [-0.2, 0) is 6.54 Å². The topological polar surface area (TPSA) is 42.1 Å². The van der Waals surface area contributed by atoms with Gasteiger partial charge in [0.05, 0.1) is 6.20 Å². The standard InChI is InChI=1S/C14H15F2N3/c1-2-19(9-10-3-5-12(17)6-4-10)14-13(16)7-11(15)8-18-14/h3-8H,2,9,17H2,1H3. The Morgan fingerprint density at radius 3 is 2.47 bits per heavy atom. The van der Waals surface area contributed by atoms with Gasteiger partial charge in [0.25, 0.3) is 0 Å². The van der Waals surface area contributed by atoms with Crippen molar-refractivity contribution >= 4 is 11.5 Å². The molecular weight excluding hydrogens is 248 g/mol. The van der Waals surface area contributed by atoms with E-state index in [1.807, 2.05) is 19.1 Å². The van der Waals surface area contributed by atoms with Gasteiger partial charge in [0, 0.05) is 24.8 Å². The number of benzene rings is 1. The van der Waals surface area contributed by atoms with Crippen LogP contribution >= 0.6 is 0 Å². The number of nitrogen functional groups attached to an aromatic ring is 1. The zero-order valence-corrected chi connectivity index (χ0v) is 10.6. The van der Waals surface area contributed by atoms with Crippen LogP contribution in [0, 0.1) is 11.6 Å². The van der Waals surface area contributed by atoms with Crippen molar-refractivity contribution in [2.75, 3.05) is 17.2 Å². The smallest absolute Gasteiger partial charge is 0.168 e. The molecule has 0 radical (unpaired) electrons. The Labute approximate surface area is 110 Å². The van der Waals surface area contributed by atoms with Crippen LogP contribution in [0.25, 0.3) is 0 Å². The zero-order chi connectivity index (χ0) is 13.8. The van der Waals surface area contributed by atoms with Crippen molar-refractivity contribution < 1.29 is 8.78 Å². The van der Waals surface area contributed by atoms with Gasteiger partial charge < -0.3 is 10.6 Å². The van der Waals surface area contributed by atoms with Gasteiger partial charge in [-0.05, 0) is 24.6 Å². The summed E-state index contributed by atoms with van der Waals surface area (Å²) in [5, 5.41) is 0. The highest BCUT2D eigenvalue weighted by atomic mass is 19.1. The second-order valence-corrected chi connectivity index (χ2v) is 4.21. The molecular formula is C14H15F2N3. The lowest BCUT2D eigenvalue weighted by atomic mass is 10.2. The second-order valence-electron chi connectivity index (χ2n) is 4.21. The van der Waals surface area contributed by atoms with Gasteiger partial charge in [0.15, 0.2) is 11.6 Å². The van der Waals surface area contributed by atoms with Crippen molar-refractivity contribution in [3.8, 4) is 0 Å². The van der Waals surface area contributed by atoms with Crippen LogP contribution in [0.15, 0.2) is 36.5 Å². The van der Waals surface area contributed by atoms with E-state index in [1.54, 1.807) is 17.0 Å². The minimum Gasteiger partial charge on any atom is -0.399 e. The molecule has 0 aliphatic carbocycles. The fourth-order valence-corrected chi connectivity index (χ4v) is 1.82. The highest BCUT2D eigenvalue weighted by molar-refractivity contribution is 5.43. The molecule has 0 atom stereocenters. The minimum atomic E-state index is -0.676. The summed E-state index contributed by atoms with van der Waals surface area (Å²) in [6.45, 7) is 2.95. The van der Waals surface area contributed by atoms with E-state index in [1.165, 1.54) is 0 Å². The lowest BCUT2D eigenvalue weighted by molar-refractivity contribution is 0.567. The summed E-state index contributed by atoms with van der Waals surface area (Å²) in [6, 6.07) is 8.17. The molecule has 3 nitrogen and oxygen atoms in total. The van der Waals surface area contributed by atoms with E-state index in [9.17, 15) is 8.78 Å². The number of aromatic nitrogens is 1. The fraction of sp³-hybridized carbons (Fsp3) is 0.214. The maximum absolute atomic E-state index is 13.7. The third-order valence-electron chi connectivity index (χ3n) is 2.82. The Morgan fingerprint density at radius 1 is 1.21 bits per heavy atom. The van der Waals surface area contributed by atoms with Gasteiger partial charge in [0.2, 0.25) is 0 Å². The van der Waals surface area contributed by atoms with E-state index in [-0.39, 0.29) is 5.82 Å². The van der Waals surface area contributed by atoms with Crippen LogP contribution in [0.2, 0.25) is 0 Å². The Hall–Kier alpha value is -2.17. The molecule has 1 aromatic heterocycles. The molecule has 2 aromatic rings. The Morgan fingerprint density at radius 2 is 1.89 bits per heavy atom. The van der Waals surface area contributed by atoms with E-state index in [0.717, 1.165) is 17.8 Å². The number of nitrogens with zero attached hydrogens (tertiary/aromatic N) is 2. The SMILES string of the molecule is CCN(Cc1ccc(N)cc1)c1ncc(F)cc1F. The molecule has 100 valence electrons. The predicted octanol–water partition coefficient (Wildman–Crippen LogP) is 2.97. The predicted molar refractivity (Wildman–Crippen MR) is 71.7 cm³/mol. The number of anilines is 2. The van der Waals surface area contributed by atoms with Crippen molar-refractivity contribution in [1.82, 2.24) is 4.98 Å². The third kappa shape index (κ3) is 3.19. The van der Waals surface area contributed by atoms with Crippen LogP contribution in [-0.4, -0.2) is 11.5 Å². The molecule has 0 bridgehead atoms. The molecule has 19 heavy (non-hydrogen) atoms. The van der Waals surface area contributed by atoms with Gasteiger partial charge in [-0.15, -0.1) is 0 Å². The molecule has 2 rings (SSSR count). The summed E-state index contributed by atoms with van der Waals surface area (Å²) in [5.41, 5.74) is 7.28. The van der Waals surface area contributed by atoms with Gasteiger partial charge in [-0.3, -0.25) is 0 Å². The molecule has 0 aliphatic rings. The number of hydrogen-bond acceptors (Lipinski definition) is 3. The van der Waals surface area contributed by atoms with Crippen LogP contribution in [0.5, 0.6) is 0 Å². The van der Waals surface area contributed by atoms with Crippen molar-refractivity contribution in [2.24, 2.45) is 0 Å². The van der Waals surface area contributed by atoms with Crippen LogP contribution in [0.3, 0.4) is 0 Å². The summed E-state index contributed by atoms with van der Waals surface area (Å²) < 4.78 is 26.5. The van der Waals surface area contributed by atoms with Crippen LogP contribution < -0.4 is 10.6 Å². The monoisotopic (exact) mass is 263 g/mol. The molecule has 0 unspecified atom stereocenters. The minimum absolute atomic E-state index is 0.153. The summed E-state index contributed by atoms with van der Waals surface area (Å²) >= 11 is 0. The Bertz CT molecular complexity index is 555. The molecule has 0 saturated carbocycles. The number of halogens is 2. The number of pyridine rings is 1. The second kappa shape index (κ2) is 5.65. The Kier molecular flexibility index (Phi) is 3.94. The van der Waals surface area contributed by atoms with Crippen molar-refractivity contribution in [3.05, 3.63) is 53.7 Å². The van der Waals surface area contributed by atoms with Gasteiger partial charge in [-0.25, -0.2) is 13.8 Å². The van der Waals surface area contributed by atoms with E-state index in [0.29, 0.717) is 18.8 Å². The molecule has 0 fully saturated rings. The van der Waals surface area contributed by atoms with Crippen molar-refractivity contribution in [3.63, 3.8) is 0 Å². The number of nitrogens with two attached hydrogens (primary N) is 1. The van der Waals surface area contributed by atoms with Crippen LogP contribution in [0.4, 0.5) is 20.3 Å². The number of rotatable bonds is 4. The zero-order valence-electron chi connectivity index (χ0n) is 10.6. The summed E-state index contributed by atoms with van der Waals surface area (Å²) in [5.74, 6) is -1.18. The molecule has 5 heteroatoms. The highest BCUT2D eigenvalue weighted by Crippen LogP contribution is 2.19. The first kappa shape index (κ1) is 13.3. The average molecular weight is 263 g/mol. The number of hydrogen-bond donors (Lipinski definition) is 1. The van der Waals surface area contributed by atoms with Gasteiger partial charge in [0.1, 0.15) is 5.82 Å². The molecule has 0 amide bonds. The average Bonchev–Trinajstić information content (AvgIpc) is 2.39. The fourth-order valence-electron chi connectivity index (χ4n) is 1.82. The first-order valence-corrected chi connectivity index (χ1v) is 6.00. The van der Waals surface area contributed by atoms with Crippen molar-refractivity contribution in [2.45, 2.75) is 13.5 Å². The third-order valence-corrected chi connectivity index (χ3v) is 2.82. The van der Waals surface area contributed by atoms with Gasteiger partial charge in [-0.1, -0.05) is 12.1 Å².